The summed E-state index contributed by atoms with van der Waals surface area (Å²) >= 11 is 0. The molecule has 2 N–H and O–H groups in total. The van der Waals surface area contributed by atoms with E-state index in [0.717, 1.165) is 29.8 Å². The molecule has 1 aliphatic carbocycles. The maximum absolute atomic E-state index is 6.18. The van der Waals surface area contributed by atoms with Gasteiger partial charge in [0.25, 0.3) is 0 Å². The van der Waals surface area contributed by atoms with Crippen LogP contribution in [0.4, 0.5) is 11.8 Å². The number of nitrogens with zero attached hydrogens (tertiary/aromatic N) is 5. The third-order valence-electron chi connectivity index (χ3n) is 5.03. The van der Waals surface area contributed by atoms with E-state index in [1.165, 1.54) is 12.8 Å². The SMILES string of the molecule is CC.CC[C@@H]1C[C@H](C)[C@H](n2cnc3c(N(C)C4CC4)nc(N)nc32)O1. The van der Waals surface area contributed by atoms with E-state index in [-0.39, 0.29) is 6.23 Å². The second kappa shape index (κ2) is 7.15. The van der Waals surface area contributed by atoms with Crippen LogP contribution >= 0.6 is 0 Å². The summed E-state index contributed by atoms with van der Waals surface area (Å²) in [6, 6.07) is 0.545. The van der Waals surface area contributed by atoms with E-state index < -0.39 is 0 Å². The van der Waals surface area contributed by atoms with E-state index in [1.807, 2.05) is 24.7 Å². The third-order valence-corrected chi connectivity index (χ3v) is 5.03. The average molecular weight is 346 g/mol. The average Bonchev–Trinajstić information content (AvgIpc) is 3.29. The van der Waals surface area contributed by atoms with Gasteiger partial charge in [-0.2, -0.15) is 9.97 Å². The molecule has 7 heteroatoms. The zero-order chi connectivity index (χ0) is 18.1. The van der Waals surface area contributed by atoms with Crippen molar-refractivity contribution < 1.29 is 4.74 Å². The van der Waals surface area contributed by atoms with Crippen LogP contribution in [0.25, 0.3) is 11.2 Å². The van der Waals surface area contributed by atoms with Crippen molar-refractivity contribution in [3.05, 3.63) is 6.33 Å². The van der Waals surface area contributed by atoms with Gasteiger partial charge in [0.2, 0.25) is 5.95 Å². The zero-order valence-electron chi connectivity index (χ0n) is 15.9. The standard InChI is InChI=1S/C16H24N6O.C2H6/c1-4-11-7-9(2)15(23-11)22-8-18-12-13(21(3)10-5-6-10)19-16(17)20-14(12)22;1-2/h8-11,15H,4-7H2,1-3H3,(H2,17,19,20);1-2H3/t9-,11+,15+;/m0./s1. The minimum absolute atomic E-state index is 0.0293. The fraction of sp³-hybridized carbons (Fsp3) is 0.722. The molecule has 3 heterocycles. The lowest BCUT2D eigenvalue weighted by Crippen LogP contribution is -2.22. The van der Waals surface area contributed by atoms with Crippen molar-refractivity contribution in [2.75, 3.05) is 17.7 Å². The molecule has 7 nitrogen and oxygen atoms in total. The number of hydrogen-bond acceptors (Lipinski definition) is 6. The number of rotatable bonds is 4. The summed E-state index contributed by atoms with van der Waals surface area (Å²) in [5.74, 6) is 1.55. The van der Waals surface area contributed by atoms with E-state index in [4.69, 9.17) is 10.5 Å². The summed E-state index contributed by atoms with van der Waals surface area (Å²) < 4.78 is 8.21. The smallest absolute Gasteiger partial charge is 0.224 e. The Bertz CT molecular complexity index is 726. The van der Waals surface area contributed by atoms with E-state index in [2.05, 4.69) is 40.7 Å². The summed E-state index contributed by atoms with van der Waals surface area (Å²) in [7, 11) is 2.06. The van der Waals surface area contributed by atoms with E-state index in [0.29, 0.717) is 24.0 Å². The highest BCUT2D eigenvalue weighted by Gasteiger charge is 2.35. The Morgan fingerprint density at radius 3 is 2.64 bits per heavy atom. The first-order valence-corrected chi connectivity index (χ1v) is 9.46. The van der Waals surface area contributed by atoms with Crippen molar-refractivity contribution in [3.8, 4) is 0 Å². The number of fused-ring (bicyclic) bond motifs is 1. The first-order chi connectivity index (χ1) is 12.1. The zero-order valence-corrected chi connectivity index (χ0v) is 15.9. The quantitative estimate of drug-likeness (QED) is 0.914. The highest BCUT2D eigenvalue weighted by Crippen LogP contribution is 2.38. The summed E-state index contributed by atoms with van der Waals surface area (Å²) in [6.07, 6.45) is 6.59. The molecule has 1 saturated heterocycles. The van der Waals surface area contributed by atoms with E-state index in [1.54, 1.807) is 0 Å². The number of ether oxygens (including phenoxy) is 1. The first kappa shape index (κ1) is 17.9. The minimum Gasteiger partial charge on any atom is -0.368 e. The number of aromatic nitrogens is 4. The summed E-state index contributed by atoms with van der Waals surface area (Å²) in [5.41, 5.74) is 7.55. The van der Waals surface area contributed by atoms with Gasteiger partial charge in [-0.05, 0) is 25.7 Å². The van der Waals surface area contributed by atoms with E-state index >= 15 is 0 Å². The van der Waals surface area contributed by atoms with Crippen molar-refractivity contribution in [2.45, 2.75) is 71.8 Å². The van der Waals surface area contributed by atoms with Crippen LogP contribution in [0.3, 0.4) is 0 Å². The van der Waals surface area contributed by atoms with Crippen LogP contribution in [0.1, 0.15) is 59.6 Å². The van der Waals surface area contributed by atoms with Gasteiger partial charge < -0.3 is 15.4 Å². The van der Waals surface area contributed by atoms with Crippen LogP contribution in [0.15, 0.2) is 6.33 Å². The predicted octanol–water partition coefficient (Wildman–Crippen LogP) is 3.37. The lowest BCUT2D eigenvalue weighted by molar-refractivity contribution is -0.00903. The molecule has 2 aromatic heterocycles. The van der Waals surface area contributed by atoms with Crippen molar-refractivity contribution in [1.82, 2.24) is 19.5 Å². The Morgan fingerprint density at radius 1 is 1.32 bits per heavy atom. The molecule has 1 saturated carbocycles. The molecule has 2 aliphatic rings. The van der Waals surface area contributed by atoms with Crippen LogP contribution in [-0.2, 0) is 4.74 Å². The fourth-order valence-corrected chi connectivity index (χ4v) is 3.51. The summed E-state index contributed by atoms with van der Waals surface area (Å²) in [6.45, 7) is 8.38. The predicted molar refractivity (Wildman–Crippen MR) is 100 cm³/mol. The van der Waals surface area contributed by atoms with Crippen molar-refractivity contribution in [2.24, 2.45) is 5.92 Å². The van der Waals surface area contributed by atoms with Crippen LogP contribution in [0.5, 0.6) is 0 Å². The van der Waals surface area contributed by atoms with Gasteiger partial charge in [0.1, 0.15) is 6.23 Å². The molecule has 25 heavy (non-hydrogen) atoms. The Morgan fingerprint density at radius 2 is 2.04 bits per heavy atom. The lowest BCUT2D eigenvalue weighted by Gasteiger charge is -2.19. The number of hydrogen-bond donors (Lipinski definition) is 1. The molecule has 2 aromatic rings. The van der Waals surface area contributed by atoms with Crippen LogP contribution in [-0.4, -0.2) is 38.7 Å². The molecule has 0 unspecified atom stereocenters. The molecule has 0 radical (unpaired) electrons. The maximum atomic E-state index is 6.18. The topological polar surface area (TPSA) is 82.1 Å². The number of nitrogens with two attached hydrogens (primary N) is 1. The van der Waals surface area contributed by atoms with Crippen molar-refractivity contribution >= 4 is 22.9 Å². The van der Waals surface area contributed by atoms with Gasteiger partial charge in [0.15, 0.2) is 17.0 Å². The molecule has 0 spiro atoms. The van der Waals surface area contributed by atoms with Gasteiger partial charge in [0, 0.05) is 19.0 Å². The fourth-order valence-electron chi connectivity index (χ4n) is 3.51. The van der Waals surface area contributed by atoms with Gasteiger partial charge in [0.05, 0.1) is 12.4 Å². The Kier molecular flexibility index (Phi) is 5.13. The number of anilines is 2. The molecule has 4 rings (SSSR count). The second-order valence-electron chi connectivity index (χ2n) is 6.84. The van der Waals surface area contributed by atoms with Crippen LogP contribution in [0.2, 0.25) is 0 Å². The van der Waals surface area contributed by atoms with Crippen molar-refractivity contribution in [3.63, 3.8) is 0 Å². The van der Waals surface area contributed by atoms with E-state index in [9.17, 15) is 0 Å². The highest BCUT2D eigenvalue weighted by molar-refractivity contribution is 5.85. The first-order valence-electron chi connectivity index (χ1n) is 9.46. The third kappa shape index (κ3) is 3.29. The minimum atomic E-state index is -0.0293. The molecule has 1 aliphatic heterocycles. The normalized spacial score (nSPS) is 25.7. The molecule has 0 bridgehead atoms. The monoisotopic (exact) mass is 346 g/mol. The molecule has 3 atom stereocenters. The number of nitrogen functional groups attached to an aromatic ring is 1. The lowest BCUT2D eigenvalue weighted by atomic mass is 10.0. The van der Waals surface area contributed by atoms with Gasteiger partial charge in [-0.25, -0.2) is 4.98 Å². The highest BCUT2D eigenvalue weighted by atomic mass is 16.5. The second-order valence-corrected chi connectivity index (χ2v) is 6.84. The molecule has 0 aromatic carbocycles. The number of imidazole rings is 1. The Hall–Kier alpha value is -1.89. The maximum Gasteiger partial charge on any atom is 0.224 e. The molecule has 138 valence electrons. The van der Waals surface area contributed by atoms with Gasteiger partial charge in [-0.15, -0.1) is 0 Å². The van der Waals surface area contributed by atoms with Gasteiger partial charge in [-0.1, -0.05) is 27.7 Å². The molecule has 0 amide bonds. The largest absolute Gasteiger partial charge is 0.368 e. The summed E-state index contributed by atoms with van der Waals surface area (Å²) in [5, 5.41) is 0. The van der Waals surface area contributed by atoms with Crippen LogP contribution < -0.4 is 10.6 Å². The molecular weight excluding hydrogens is 316 g/mol. The van der Waals surface area contributed by atoms with Crippen LogP contribution in [0, 0.1) is 5.92 Å². The molecule has 2 fully saturated rings. The van der Waals surface area contributed by atoms with Gasteiger partial charge >= 0.3 is 0 Å². The van der Waals surface area contributed by atoms with Gasteiger partial charge in [-0.3, -0.25) is 4.57 Å². The Balaban J connectivity index is 0.000000880. The Labute approximate surface area is 149 Å². The molecular formula is C18H30N6O. The van der Waals surface area contributed by atoms with Crippen molar-refractivity contribution in [1.29, 1.82) is 0 Å². The summed E-state index contributed by atoms with van der Waals surface area (Å²) in [4.78, 5) is 15.6.